The molecule has 1 aromatic rings. The van der Waals surface area contributed by atoms with E-state index >= 15 is 0 Å². The molecule has 1 rings (SSSR count). The fourth-order valence-electron chi connectivity index (χ4n) is 2.80. The van der Waals surface area contributed by atoms with Crippen LogP contribution in [0.1, 0.15) is 57.9 Å². The molecule has 0 saturated heterocycles. The molecule has 0 bridgehead atoms. The van der Waals surface area contributed by atoms with Crippen molar-refractivity contribution in [1.82, 2.24) is 10.6 Å². The van der Waals surface area contributed by atoms with Crippen molar-refractivity contribution >= 4 is 17.6 Å². The standard InChI is InChI=1S/C18H28N4O4/c1-4-5-6-7-15(13-8-10-14(11-9-13)22(25)26)16(17(19)23)21-18(24)20-12(2)3/h8-12,15-16H,4-7H2,1-3H3,(H2,19,23)(H2,20,21,24). The summed E-state index contributed by atoms with van der Waals surface area (Å²) >= 11 is 0. The van der Waals surface area contributed by atoms with Crippen LogP contribution in [0.4, 0.5) is 10.5 Å². The van der Waals surface area contributed by atoms with Gasteiger partial charge in [-0.05, 0) is 25.8 Å². The zero-order chi connectivity index (χ0) is 19.7. The number of hydrogen-bond donors (Lipinski definition) is 3. The largest absolute Gasteiger partial charge is 0.368 e. The molecule has 0 aliphatic rings. The summed E-state index contributed by atoms with van der Waals surface area (Å²) in [5.74, 6) is -0.985. The molecule has 0 aliphatic heterocycles. The number of rotatable bonds is 10. The number of nitrogens with one attached hydrogen (secondary N) is 2. The van der Waals surface area contributed by atoms with Gasteiger partial charge in [-0.3, -0.25) is 14.9 Å². The van der Waals surface area contributed by atoms with E-state index in [0.717, 1.165) is 24.8 Å². The highest BCUT2D eigenvalue weighted by Gasteiger charge is 2.29. The predicted molar refractivity (Wildman–Crippen MR) is 99.8 cm³/mol. The second-order valence-corrected chi connectivity index (χ2v) is 6.60. The molecule has 4 N–H and O–H groups in total. The van der Waals surface area contributed by atoms with Crippen molar-refractivity contribution < 1.29 is 14.5 Å². The highest BCUT2D eigenvalue weighted by atomic mass is 16.6. The highest BCUT2D eigenvalue weighted by molar-refractivity contribution is 5.87. The molecule has 26 heavy (non-hydrogen) atoms. The van der Waals surface area contributed by atoms with Crippen LogP contribution in [0.3, 0.4) is 0 Å². The Hall–Kier alpha value is -2.64. The summed E-state index contributed by atoms with van der Waals surface area (Å²) in [7, 11) is 0. The summed E-state index contributed by atoms with van der Waals surface area (Å²) in [6.07, 6.45) is 3.49. The number of non-ortho nitro benzene ring substituents is 1. The lowest BCUT2D eigenvalue weighted by Gasteiger charge is -2.27. The molecular formula is C18H28N4O4. The number of nitrogens with two attached hydrogens (primary N) is 1. The van der Waals surface area contributed by atoms with Crippen molar-refractivity contribution in [3.8, 4) is 0 Å². The summed E-state index contributed by atoms with van der Waals surface area (Å²) in [5, 5.41) is 16.2. The minimum atomic E-state index is -0.896. The topological polar surface area (TPSA) is 127 Å². The first-order chi connectivity index (χ1) is 12.3. The Balaban J connectivity index is 3.08. The van der Waals surface area contributed by atoms with Gasteiger partial charge in [-0.2, -0.15) is 0 Å². The van der Waals surface area contributed by atoms with Crippen molar-refractivity contribution in [2.75, 3.05) is 0 Å². The number of hydrogen-bond acceptors (Lipinski definition) is 4. The first-order valence-corrected chi connectivity index (χ1v) is 8.87. The van der Waals surface area contributed by atoms with Gasteiger partial charge in [0.05, 0.1) is 4.92 Å². The maximum atomic E-state index is 12.1. The van der Waals surface area contributed by atoms with Crippen LogP contribution in [-0.2, 0) is 4.79 Å². The molecule has 3 amide bonds. The van der Waals surface area contributed by atoms with Crippen molar-refractivity contribution in [2.45, 2.75) is 64.5 Å². The summed E-state index contributed by atoms with van der Waals surface area (Å²) < 4.78 is 0. The van der Waals surface area contributed by atoms with E-state index in [0.29, 0.717) is 6.42 Å². The molecule has 8 heteroatoms. The number of unbranched alkanes of at least 4 members (excludes halogenated alkanes) is 2. The molecule has 0 radical (unpaired) electrons. The van der Waals surface area contributed by atoms with Crippen molar-refractivity contribution in [2.24, 2.45) is 5.73 Å². The Bertz CT molecular complexity index is 616. The molecule has 0 heterocycles. The Morgan fingerprint density at radius 1 is 1.15 bits per heavy atom. The second kappa shape index (κ2) is 10.4. The van der Waals surface area contributed by atoms with Crippen LogP contribution in [0.2, 0.25) is 0 Å². The Morgan fingerprint density at radius 2 is 1.77 bits per heavy atom. The quantitative estimate of drug-likeness (QED) is 0.335. The average molecular weight is 364 g/mol. The van der Waals surface area contributed by atoms with Crippen LogP contribution in [-0.4, -0.2) is 28.9 Å². The first-order valence-electron chi connectivity index (χ1n) is 8.87. The van der Waals surface area contributed by atoms with Crippen LogP contribution in [0, 0.1) is 10.1 Å². The third-order valence-electron chi connectivity index (χ3n) is 4.07. The number of urea groups is 1. The SMILES string of the molecule is CCCCCC(c1ccc([N+](=O)[O-])cc1)C(NC(=O)NC(C)C)C(N)=O. The summed E-state index contributed by atoms with van der Waals surface area (Å²) in [4.78, 5) is 34.4. The van der Waals surface area contributed by atoms with E-state index in [9.17, 15) is 19.7 Å². The van der Waals surface area contributed by atoms with Crippen molar-refractivity contribution in [3.63, 3.8) is 0 Å². The van der Waals surface area contributed by atoms with Gasteiger partial charge in [0.15, 0.2) is 0 Å². The van der Waals surface area contributed by atoms with Gasteiger partial charge in [-0.25, -0.2) is 4.79 Å². The van der Waals surface area contributed by atoms with Crippen LogP contribution < -0.4 is 16.4 Å². The minimum Gasteiger partial charge on any atom is -0.368 e. The number of nitrogens with zero attached hydrogens (tertiary/aromatic N) is 1. The van der Waals surface area contributed by atoms with Crippen LogP contribution in [0.25, 0.3) is 0 Å². The van der Waals surface area contributed by atoms with E-state index in [1.54, 1.807) is 12.1 Å². The summed E-state index contributed by atoms with van der Waals surface area (Å²) in [6.45, 7) is 5.70. The molecule has 0 spiro atoms. The van der Waals surface area contributed by atoms with E-state index in [1.165, 1.54) is 12.1 Å². The Labute approximate surface area is 153 Å². The fraction of sp³-hybridized carbons (Fsp3) is 0.556. The van der Waals surface area contributed by atoms with Gasteiger partial charge in [0.1, 0.15) is 6.04 Å². The van der Waals surface area contributed by atoms with Crippen LogP contribution in [0.15, 0.2) is 24.3 Å². The molecule has 2 atom stereocenters. The minimum absolute atomic E-state index is 0.0257. The van der Waals surface area contributed by atoms with Gasteiger partial charge in [0, 0.05) is 24.1 Å². The van der Waals surface area contributed by atoms with E-state index < -0.39 is 22.9 Å². The monoisotopic (exact) mass is 364 g/mol. The fourth-order valence-corrected chi connectivity index (χ4v) is 2.80. The van der Waals surface area contributed by atoms with Crippen LogP contribution in [0.5, 0.6) is 0 Å². The summed E-state index contributed by atoms with van der Waals surface area (Å²) in [6, 6.07) is 4.59. The predicted octanol–water partition coefficient (Wildman–Crippen LogP) is 2.82. The third-order valence-corrected chi connectivity index (χ3v) is 4.07. The number of nitro groups is 1. The normalized spacial score (nSPS) is 13.1. The zero-order valence-electron chi connectivity index (χ0n) is 15.5. The van der Waals surface area contributed by atoms with Gasteiger partial charge in [0.2, 0.25) is 5.91 Å². The smallest absolute Gasteiger partial charge is 0.315 e. The maximum Gasteiger partial charge on any atom is 0.315 e. The lowest BCUT2D eigenvalue weighted by molar-refractivity contribution is -0.384. The molecule has 8 nitrogen and oxygen atoms in total. The summed E-state index contributed by atoms with van der Waals surface area (Å²) in [5.41, 5.74) is 6.26. The number of carbonyl (C=O) groups is 2. The number of primary amides is 1. The molecule has 2 unspecified atom stereocenters. The molecular weight excluding hydrogens is 336 g/mol. The molecule has 0 aromatic heterocycles. The van der Waals surface area contributed by atoms with Gasteiger partial charge < -0.3 is 16.4 Å². The number of amides is 3. The molecule has 0 fully saturated rings. The number of carbonyl (C=O) groups excluding carboxylic acids is 2. The van der Waals surface area contributed by atoms with E-state index in [2.05, 4.69) is 17.6 Å². The van der Waals surface area contributed by atoms with Crippen molar-refractivity contribution in [1.29, 1.82) is 0 Å². The van der Waals surface area contributed by atoms with Gasteiger partial charge >= 0.3 is 6.03 Å². The maximum absolute atomic E-state index is 12.1. The molecule has 0 aliphatic carbocycles. The second-order valence-electron chi connectivity index (χ2n) is 6.60. The van der Waals surface area contributed by atoms with E-state index in [4.69, 9.17) is 5.73 Å². The van der Waals surface area contributed by atoms with Gasteiger partial charge in [-0.15, -0.1) is 0 Å². The Kier molecular flexibility index (Phi) is 8.54. The molecule has 1 aromatic carbocycles. The lowest BCUT2D eigenvalue weighted by atomic mass is 9.86. The third kappa shape index (κ3) is 6.70. The molecule has 144 valence electrons. The highest BCUT2D eigenvalue weighted by Crippen LogP contribution is 2.28. The zero-order valence-corrected chi connectivity index (χ0v) is 15.5. The van der Waals surface area contributed by atoms with E-state index in [1.807, 2.05) is 13.8 Å². The molecule has 0 saturated carbocycles. The van der Waals surface area contributed by atoms with Gasteiger partial charge in [-0.1, -0.05) is 38.3 Å². The average Bonchev–Trinajstić information content (AvgIpc) is 2.56. The van der Waals surface area contributed by atoms with Gasteiger partial charge in [0.25, 0.3) is 5.69 Å². The number of nitro benzene ring substituents is 1. The number of benzene rings is 1. The van der Waals surface area contributed by atoms with Crippen molar-refractivity contribution in [3.05, 3.63) is 39.9 Å². The Morgan fingerprint density at radius 3 is 2.23 bits per heavy atom. The van der Waals surface area contributed by atoms with Crippen LogP contribution >= 0.6 is 0 Å². The van der Waals surface area contributed by atoms with E-state index in [-0.39, 0.29) is 17.6 Å². The lowest BCUT2D eigenvalue weighted by Crippen LogP contribution is -2.52. The first kappa shape index (κ1) is 21.4.